The van der Waals surface area contributed by atoms with Gasteiger partial charge >= 0.3 is 0 Å². The summed E-state index contributed by atoms with van der Waals surface area (Å²) in [5.41, 5.74) is 1.21. The number of rotatable bonds is 3. The zero-order valence-electron chi connectivity index (χ0n) is 14.0. The number of amides is 2. The van der Waals surface area contributed by atoms with Crippen LogP contribution in [0.15, 0.2) is 36.5 Å². The molecule has 1 fully saturated rings. The van der Waals surface area contributed by atoms with E-state index in [4.69, 9.17) is 23.2 Å². The highest BCUT2D eigenvalue weighted by Crippen LogP contribution is 2.24. The Balaban J connectivity index is 1.77. The van der Waals surface area contributed by atoms with E-state index in [1.54, 1.807) is 29.2 Å². The summed E-state index contributed by atoms with van der Waals surface area (Å²) >= 11 is 11.9. The maximum Gasteiger partial charge on any atom is 0.257 e. The van der Waals surface area contributed by atoms with Crippen molar-refractivity contribution in [2.45, 2.75) is 6.42 Å². The molecule has 0 unspecified atom stereocenters. The van der Waals surface area contributed by atoms with Gasteiger partial charge < -0.3 is 15.5 Å². The van der Waals surface area contributed by atoms with Crippen molar-refractivity contribution in [1.29, 1.82) is 0 Å². The van der Waals surface area contributed by atoms with E-state index in [0.717, 1.165) is 19.5 Å². The molecule has 3 rings (SSSR count). The molecule has 2 heterocycles. The lowest BCUT2D eigenvalue weighted by Gasteiger charge is -2.20. The van der Waals surface area contributed by atoms with Gasteiger partial charge in [-0.15, -0.1) is 0 Å². The molecule has 0 spiro atoms. The lowest BCUT2D eigenvalue weighted by Crippen LogP contribution is -2.34. The third-order valence-corrected chi connectivity index (χ3v) is 4.63. The van der Waals surface area contributed by atoms with Crippen molar-refractivity contribution in [1.82, 2.24) is 15.2 Å². The van der Waals surface area contributed by atoms with E-state index in [2.05, 4.69) is 15.6 Å². The van der Waals surface area contributed by atoms with Gasteiger partial charge in [-0.05, 0) is 43.3 Å². The lowest BCUT2D eigenvalue weighted by molar-refractivity contribution is 0.0766. The van der Waals surface area contributed by atoms with Crippen LogP contribution in [0.1, 0.15) is 27.1 Å². The molecule has 1 aromatic heterocycles. The zero-order valence-corrected chi connectivity index (χ0v) is 15.5. The Kier molecular flexibility index (Phi) is 6.08. The van der Waals surface area contributed by atoms with E-state index in [1.165, 1.54) is 12.3 Å². The van der Waals surface area contributed by atoms with Crippen molar-refractivity contribution in [2.75, 3.05) is 31.5 Å². The number of halogens is 2. The van der Waals surface area contributed by atoms with Crippen LogP contribution in [0.4, 0.5) is 5.69 Å². The third kappa shape index (κ3) is 4.52. The Morgan fingerprint density at radius 1 is 1.08 bits per heavy atom. The molecule has 136 valence electrons. The molecule has 0 saturated carbocycles. The molecule has 6 nitrogen and oxygen atoms in total. The van der Waals surface area contributed by atoms with Crippen LogP contribution in [0.25, 0.3) is 0 Å². The second kappa shape index (κ2) is 8.49. The highest BCUT2D eigenvalue weighted by molar-refractivity contribution is 6.34. The molecule has 1 aromatic carbocycles. The minimum atomic E-state index is -0.375. The van der Waals surface area contributed by atoms with Gasteiger partial charge in [-0.1, -0.05) is 23.2 Å². The van der Waals surface area contributed by atoms with Crippen LogP contribution in [0.2, 0.25) is 10.2 Å². The maximum atomic E-state index is 12.7. The summed E-state index contributed by atoms with van der Waals surface area (Å²) in [5.74, 6) is -0.450. The van der Waals surface area contributed by atoms with E-state index >= 15 is 0 Å². The van der Waals surface area contributed by atoms with Gasteiger partial charge in [0.15, 0.2) is 0 Å². The summed E-state index contributed by atoms with van der Waals surface area (Å²) in [6.45, 7) is 3.03. The number of nitrogens with one attached hydrogen (secondary N) is 2. The second-order valence-electron chi connectivity index (χ2n) is 5.91. The molecule has 26 heavy (non-hydrogen) atoms. The zero-order chi connectivity index (χ0) is 18.5. The molecule has 1 aliphatic heterocycles. The summed E-state index contributed by atoms with van der Waals surface area (Å²) in [4.78, 5) is 30.8. The molecule has 1 aliphatic rings. The van der Waals surface area contributed by atoms with E-state index < -0.39 is 0 Å². The third-order valence-electron chi connectivity index (χ3n) is 4.08. The number of nitrogens with zero attached hydrogens (tertiary/aromatic N) is 2. The van der Waals surface area contributed by atoms with Crippen LogP contribution in [0.5, 0.6) is 0 Å². The highest BCUT2D eigenvalue weighted by Gasteiger charge is 2.19. The first kappa shape index (κ1) is 18.6. The fourth-order valence-corrected chi connectivity index (χ4v) is 2.97. The fourth-order valence-electron chi connectivity index (χ4n) is 2.69. The van der Waals surface area contributed by atoms with Crippen LogP contribution in [-0.4, -0.2) is 47.9 Å². The summed E-state index contributed by atoms with van der Waals surface area (Å²) in [6, 6.07) is 7.98. The van der Waals surface area contributed by atoms with E-state index in [9.17, 15) is 9.59 Å². The number of hydrogen-bond acceptors (Lipinski definition) is 4. The van der Waals surface area contributed by atoms with E-state index in [-0.39, 0.29) is 11.8 Å². The summed E-state index contributed by atoms with van der Waals surface area (Å²) < 4.78 is 0. The monoisotopic (exact) mass is 392 g/mol. The Bertz CT molecular complexity index is 803. The minimum Gasteiger partial charge on any atom is -0.337 e. The topological polar surface area (TPSA) is 74.3 Å². The molecule has 2 amide bonds. The molecule has 0 bridgehead atoms. The van der Waals surface area contributed by atoms with Gasteiger partial charge in [-0.25, -0.2) is 4.98 Å². The number of hydrogen-bond donors (Lipinski definition) is 2. The molecular formula is C18H18Cl2N4O2. The summed E-state index contributed by atoms with van der Waals surface area (Å²) in [7, 11) is 0. The SMILES string of the molecule is O=C(Nc1cc(C(=O)N2CCCNCC2)ccc1Cl)c1ccc(Cl)nc1. The lowest BCUT2D eigenvalue weighted by atomic mass is 10.1. The largest absolute Gasteiger partial charge is 0.337 e. The first-order valence-electron chi connectivity index (χ1n) is 8.27. The van der Waals surface area contributed by atoms with Gasteiger partial charge in [0, 0.05) is 31.4 Å². The van der Waals surface area contributed by atoms with Gasteiger partial charge in [-0.2, -0.15) is 0 Å². The molecule has 0 aliphatic carbocycles. The Labute approximate surface area is 161 Å². The second-order valence-corrected chi connectivity index (χ2v) is 6.71. The Hall–Kier alpha value is -2.15. The van der Waals surface area contributed by atoms with Crippen molar-refractivity contribution in [3.8, 4) is 0 Å². The van der Waals surface area contributed by atoms with Crippen molar-refractivity contribution in [3.63, 3.8) is 0 Å². The molecule has 2 aromatic rings. The number of carbonyl (C=O) groups excluding carboxylic acids is 2. The van der Waals surface area contributed by atoms with Crippen LogP contribution in [-0.2, 0) is 0 Å². The van der Waals surface area contributed by atoms with Gasteiger partial charge in [0.25, 0.3) is 11.8 Å². The Morgan fingerprint density at radius 3 is 2.65 bits per heavy atom. The predicted molar refractivity (Wildman–Crippen MR) is 102 cm³/mol. The molecule has 8 heteroatoms. The van der Waals surface area contributed by atoms with Gasteiger partial charge in [-0.3, -0.25) is 9.59 Å². The van der Waals surface area contributed by atoms with Crippen molar-refractivity contribution in [3.05, 3.63) is 57.8 Å². The van der Waals surface area contributed by atoms with Gasteiger partial charge in [0.1, 0.15) is 5.15 Å². The minimum absolute atomic E-state index is 0.0750. The van der Waals surface area contributed by atoms with Gasteiger partial charge in [0.05, 0.1) is 16.3 Å². The van der Waals surface area contributed by atoms with Crippen molar-refractivity contribution < 1.29 is 9.59 Å². The number of benzene rings is 1. The standard InChI is InChI=1S/C18H18Cl2N4O2/c19-14-4-2-12(18(26)24-8-1-6-21-7-9-24)10-15(14)23-17(25)13-3-5-16(20)22-11-13/h2-5,10-11,21H,1,6-9H2,(H,23,25). The quantitative estimate of drug-likeness (QED) is 0.787. The van der Waals surface area contributed by atoms with Crippen LogP contribution >= 0.6 is 23.2 Å². The Morgan fingerprint density at radius 2 is 1.88 bits per heavy atom. The molecular weight excluding hydrogens is 375 g/mol. The van der Waals surface area contributed by atoms with E-state index in [1.807, 2.05) is 0 Å². The molecule has 1 saturated heterocycles. The first-order valence-corrected chi connectivity index (χ1v) is 9.02. The summed E-state index contributed by atoms with van der Waals surface area (Å²) in [5, 5.41) is 6.65. The number of pyridine rings is 1. The molecule has 2 N–H and O–H groups in total. The highest BCUT2D eigenvalue weighted by atomic mass is 35.5. The van der Waals surface area contributed by atoms with Crippen molar-refractivity contribution >= 4 is 40.7 Å². The average molecular weight is 393 g/mol. The van der Waals surface area contributed by atoms with Crippen LogP contribution in [0.3, 0.4) is 0 Å². The molecule has 0 atom stereocenters. The first-order chi connectivity index (χ1) is 12.5. The summed E-state index contributed by atoms with van der Waals surface area (Å²) in [6.07, 6.45) is 2.29. The normalized spacial score (nSPS) is 14.6. The fraction of sp³-hybridized carbons (Fsp3) is 0.278. The molecule has 0 radical (unpaired) electrons. The number of carbonyl (C=O) groups is 2. The predicted octanol–water partition coefficient (Wildman–Crippen LogP) is 3.08. The van der Waals surface area contributed by atoms with Crippen LogP contribution < -0.4 is 10.6 Å². The van der Waals surface area contributed by atoms with E-state index in [0.29, 0.717) is 40.1 Å². The maximum absolute atomic E-state index is 12.7. The van der Waals surface area contributed by atoms with Crippen LogP contribution in [0, 0.1) is 0 Å². The van der Waals surface area contributed by atoms with Crippen molar-refractivity contribution in [2.24, 2.45) is 0 Å². The smallest absolute Gasteiger partial charge is 0.257 e. The number of aromatic nitrogens is 1. The average Bonchev–Trinajstić information content (AvgIpc) is 2.93. The number of anilines is 1. The van der Waals surface area contributed by atoms with Gasteiger partial charge in [0.2, 0.25) is 0 Å².